The van der Waals surface area contributed by atoms with Gasteiger partial charge in [0.2, 0.25) is 0 Å². The van der Waals surface area contributed by atoms with Crippen LogP contribution in [-0.4, -0.2) is 17.4 Å². The smallest absolute Gasteiger partial charge is 0.275 e. The van der Waals surface area contributed by atoms with Crippen molar-refractivity contribution < 1.29 is 18.4 Å². The van der Waals surface area contributed by atoms with Gasteiger partial charge in [-0.05, 0) is 44.5 Å². The SMILES string of the molecule is CC1(c2ccc(-c3[nH]c4cc(F)cc5c4c3CONC5=O)cc2F)CCCN1. The van der Waals surface area contributed by atoms with Crippen molar-refractivity contribution in [2.45, 2.75) is 31.9 Å². The third-order valence-corrected chi connectivity index (χ3v) is 5.81. The fraction of sp³-hybridized carbons (Fsp3) is 0.286. The van der Waals surface area contributed by atoms with Crippen molar-refractivity contribution in [2.24, 2.45) is 0 Å². The summed E-state index contributed by atoms with van der Waals surface area (Å²) in [6, 6.07) is 7.64. The van der Waals surface area contributed by atoms with E-state index in [9.17, 15) is 9.18 Å². The highest BCUT2D eigenvalue weighted by Crippen LogP contribution is 2.37. The van der Waals surface area contributed by atoms with Gasteiger partial charge in [-0.2, -0.15) is 0 Å². The van der Waals surface area contributed by atoms with Crippen LogP contribution in [0.2, 0.25) is 0 Å². The molecule has 0 aliphatic carbocycles. The van der Waals surface area contributed by atoms with E-state index in [1.807, 2.05) is 13.0 Å². The van der Waals surface area contributed by atoms with E-state index in [1.54, 1.807) is 6.07 Å². The number of aromatic nitrogens is 1. The third-order valence-electron chi connectivity index (χ3n) is 5.81. The van der Waals surface area contributed by atoms with Crippen LogP contribution in [-0.2, 0) is 17.0 Å². The molecule has 0 saturated carbocycles. The molecule has 144 valence electrons. The second-order valence-electron chi connectivity index (χ2n) is 7.63. The van der Waals surface area contributed by atoms with Gasteiger partial charge < -0.3 is 10.3 Å². The van der Waals surface area contributed by atoms with Crippen LogP contribution in [0.1, 0.15) is 41.3 Å². The van der Waals surface area contributed by atoms with Crippen LogP contribution in [0.25, 0.3) is 22.2 Å². The van der Waals surface area contributed by atoms with Gasteiger partial charge in [-0.1, -0.05) is 12.1 Å². The summed E-state index contributed by atoms with van der Waals surface area (Å²) in [5.74, 6) is -1.33. The summed E-state index contributed by atoms with van der Waals surface area (Å²) in [6.45, 7) is 2.98. The van der Waals surface area contributed by atoms with Crippen molar-refractivity contribution in [3.8, 4) is 11.3 Å². The molecule has 0 spiro atoms. The molecule has 1 fully saturated rings. The number of H-pyrrole nitrogens is 1. The molecule has 1 amide bonds. The van der Waals surface area contributed by atoms with E-state index < -0.39 is 11.7 Å². The third kappa shape index (κ3) is 2.54. The molecule has 7 heteroatoms. The predicted octanol–water partition coefficient (Wildman–Crippen LogP) is 3.89. The Labute approximate surface area is 160 Å². The first-order valence-electron chi connectivity index (χ1n) is 9.28. The molecule has 0 bridgehead atoms. The summed E-state index contributed by atoms with van der Waals surface area (Å²) in [6.07, 6.45) is 1.89. The second-order valence-corrected chi connectivity index (χ2v) is 7.63. The zero-order valence-corrected chi connectivity index (χ0v) is 15.3. The van der Waals surface area contributed by atoms with Crippen molar-refractivity contribution in [3.63, 3.8) is 0 Å². The minimum absolute atomic E-state index is 0.0996. The fourth-order valence-electron chi connectivity index (χ4n) is 4.41. The first-order valence-corrected chi connectivity index (χ1v) is 9.28. The Morgan fingerprint density at radius 2 is 2.04 bits per heavy atom. The normalized spacial score (nSPS) is 21.8. The lowest BCUT2D eigenvalue weighted by Gasteiger charge is -2.25. The van der Waals surface area contributed by atoms with Gasteiger partial charge in [0, 0.05) is 33.1 Å². The summed E-state index contributed by atoms with van der Waals surface area (Å²) in [7, 11) is 0. The molecule has 2 aliphatic rings. The molecule has 1 saturated heterocycles. The van der Waals surface area contributed by atoms with Gasteiger partial charge in [0.1, 0.15) is 18.2 Å². The molecule has 3 heterocycles. The number of amides is 1. The zero-order valence-electron chi connectivity index (χ0n) is 15.3. The van der Waals surface area contributed by atoms with E-state index in [2.05, 4.69) is 15.8 Å². The lowest BCUT2D eigenvalue weighted by atomic mass is 9.89. The summed E-state index contributed by atoms with van der Waals surface area (Å²) < 4.78 is 29.0. The number of carbonyl (C=O) groups excluding carboxylic acids is 1. The molecule has 0 radical (unpaired) electrons. The van der Waals surface area contributed by atoms with Gasteiger partial charge >= 0.3 is 0 Å². The molecule has 28 heavy (non-hydrogen) atoms. The van der Waals surface area contributed by atoms with Crippen molar-refractivity contribution >= 4 is 16.8 Å². The van der Waals surface area contributed by atoms with Crippen LogP contribution in [0, 0.1) is 11.6 Å². The summed E-state index contributed by atoms with van der Waals surface area (Å²) in [4.78, 5) is 20.6. The fourth-order valence-corrected chi connectivity index (χ4v) is 4.41. The molecular weight excluding hydrogens is 364 g/mol. The highest BCUT2D eigenvalue weighted by Gasteiger charge is 2.33. The maximum atomic E-state index is 15.0. The maximum Gasteiger partial charge on any atom is 0.275 e. The largest absolute Gasteiger partial charge is 0.354 e. The van der Waals surface area contributed by atoms with Crippen molar-refractivity contribution in [2.75, 3.05) is 6.54 Å². The van der Waals surface area contributed by atoms with Crippen LogP contribution >= 0.6 is 0 Å². The van der Waals surface area contributed by atoms with Crippen molar-refractivity contribution in [1.82, 2.24) is 15.8 Å². The standard InChI is InChI=1S/C21H19F2N3O2/c1-21(5-2-6-24-21)15-4-3-11(7-16(15)23)19-14-10-28-26-20(27)13-8-12(22)9-17(25-19)18(13)14/h3-4,7-9,24-25H,2,5-6,10H2,1H3,(H,26,27). The van der Waals surface area contributed by atoms with E-state index in [0.717, 1.165) is 19.4 Å². The lowest BCUT2D eigenvalue weighted by molar-refractivity contribution is 0.0255. The zero-order chi connectivity index (χ0) is 19.5. The molecule has 5 rings (SSSR count). The van der Waals surface area contributed by atoms with Crippen LogP contribution < -0.4 is 10.8 Å². The van der Waals surface area contributed by atoms with Crippen molar-refractivity contribution in [3.05, 3.63) is 58.7 Å². The number of halogens is 2. The number of hydrogen-bond donors (Lipinski definition) is 3. The minimum atomic E-state index is -0.527. The first kappa shape index (κ1) is 17.3. The van der Waals surface area contributed by atoms with E-state index in [-0.39, 0.29) is 23.5 Å². The number of nitrogens with one attached hydrogen (secondary N) is 3. The van der Waals surface area contributed by atoms with E-state index >= 15 is 4.39 Å². The molecule has 2 aliphatic heterocycles. The monoisotopic (exact) mass is 383 g/mol. The number of carbonyl (C=O) groups is 1. The first-order chi connectivity index (χ1) is 13.5. The molecular formula is C21H19F2N3O2. The number of hydroxylamine groups is 1. The highest BCUT2D eigenvalue weighted by atomic mass is 19.1. The van der Waals surface area contributed by atoms with E-state index in [4.69, 9.17) is 4.84 Å². The Bertz CT molecular complexity index is 1120. The Hall–Kier alpha value is -2.77. The van der Waals surface area contributed by atoms with Crippen molar-refractivity contribution in [1.29, 1.82) is 0 Å². The molecule has 3 N–H and O–H groups in total. The topological polar surface area (TPSA) is 66.1 Å². The van der Waals surface area contributed by atoms with Gasteiger partial charge in [0.25, 0.3) is 5.91 Å². The summed E-state index contributed by atoms with van der Waals surface area (Å²) >= 11 is 0. The molecule has 1 atom stereocenters. The van der Waals surface area contributed by atoms with Crippen LogP contribution in [0.4, 0.5) is 8.78 Å². The Balaban J connectivity index is 1.68. The van der Waals surface area contributed by atoms with Gasteiger partial charge in [-0.3, -0.25) is 9.63 Å². The van der Waals surface area contributed by atoms with Gasteiger partial charge in [0.05, 0.1) is 11.3 Å². The molecule has 5 nitrogen and oxygen atoms in total. The summed E-state index contributed by atoms with van der Waals surface area (Å²) in [5, 5.41) is 3.97. The number of rotatable bonds is 2. The van der Waals surface area contributed by atoms with Gasteiger partial charge in [-0.15, -0.1) is 0 Å². The average molecular weight is 383 g/mol. The molecule has 1 aromatic heterocycles. The lowest BCUT2D eigenvalue weighted by Crippen LogP contribution is -2.34. The molecule has 3 aromatic rings. The molecule has 1 unspecified atom stereocenters. The second kappa shape index (κ2) is 6.12. The maximum absolute atomic E-state index is 15.0. The number of aromatic amines is 1. The highest BCUT2D eigenvalue weighted by molar-refractivity contribution is 6.09. The van der Waals surface area contributed by atoms with E-state index in [1.165, 1.54) is 18.2 Å². The van der Waals surface area contributed by atoms with Crippen LogP contribution in [0.3, 0.4) is 0 Å². The average Bonchev–Trinajstić information content (AvgIpc) is 3.21. The predicted molar refractivity (Wildman–Crippen MR) is 100 cm³/mol. The van der Waals surface area contributed by atoms with E-state index in [0.29, 0.717) is 33.3 Å². The molecule has 2 aromatic carbocycles. The number of hydrogen-bond acceptors (Lipinski definition) is 3. The Kier molecular flexibility index (Phi) is 3.79. The minimum Gasteiger partial charge on any atom is -0.354 e. The van der Waals surface area contributed by atoms with Gasteiger partial charge in [-0.25, -0.2) is 14.3 Å². The van der Waals surface area contributed by atoms with Gasteiger partial charge in [0.15, 0.2) is 0 Å². The Morgan fingerprint density at radius 1 is 1.18 bits per heavy atom. The van der Waals surface area contributed by atoms with Crippen LogP contribution in [0.5, 0.6) is 0 Å². The quantitative estimate of drug-likeness (QED) is 0.629. The summed E-state index contributed by atoms with van der Waals surface area (Å²) in [5.41, 5.74) is 5.19. The Morgan fingerprint density at radius 3 is 2.79 bits per heavy atom. The van der Waals surface area contributed by atoms with Crippen LogP contribution in [0.15, 0.2) is 30.3 Å². The number of benzene rings is 2.